The summed E-state index contributed by atoms with van der Waals surface area (Å²) >= 11 is 5.10. The van der Waals surface area contributed by atoms with Crippen molar-refractivity contribution >= 4 is 23.5 Å². The fourth-order valence-corrected chi connectivity index (χ4v) is 0.917. The zero-order valence-electron chi connectivity index (χ0n) is 5.67. The average Bonchev–Trinajstić information content (AvgIpc) is 2.66. The molecule has 0 amide bonds. The van der Waals surface area contributed by atoms with E-state index in [0.29, 0.717) is 12.8 Å². The van der Waals surface area contributed by atoms with E-state index in [1.54, 1.807) is 0 Å². The molecule has 0 radical (unpaired) electrons. The molecule has 11 heavy (non-hydrogen) atoms. The third-order valence-corrected chi connectivity index (χ3v) is 1.84. The summed E-state index contributed by atoms with van der Waals surface area (Å²) in [4.78, 5) is 21.3. The smallest absolute Gasteiger partial charge is 0.324 e. The van der Waals surface area contributed by atoms with Crippen LogP contribution in [-0.2, 0) is 14.3 Å². The molecule has 1 aliphatic rings. The van der Waals surface area contributed by atoms with Crippen LogP contribution in [0, 0.1) is 5.41 Å². The van der Waals surface area contributed by atoms with Gasteiger partial charge in [0.1, 0.15) is 0 Å². The van der Waals surface area contributed by atoms with Crippen molar-refractivity contribution in [2.75, 3.05) is 6.07 Å². The van der Waals surface area contributed by atoms with Crippen LogP contribution >= 0.6 is 11.6 Å². The van der Waals surface area contributed by atoms with Gasteiger partial charge in [-0.3, -0.25) is 9.59 Å². The van der Waals surface area contributed by atoms with Crippen LogP contribution in [0.25, 0.3) is 0 Å². The average molecular weight is 179 g/mol. The molecule has 1 fully saturated rings. The van der Waals surface area contributed by atoms with Gasteiger partial charge in [0.15, 0.2) is 11.5 Å². The van der Waals surface area contributed by atoms with Crippen LogP contribution in [0.4, 0.5) is 0 Å². The quantitative estimate of drug-likeness (QED) is 0.390. The van der Waals surface area contributed by atoms with E-state index in [1.165, 1.54) is 0 Å². The number of carboxylic acids is 1. The lowest BCUT2D eigenvalue weighted by Crippen LogP contribution is -2.27. The molecule has 0 bridgehead atoms. The van der Waals surface area contributed by atoms with Crippen LogP contribution in [-0.4, -0.2) is 23.1 Å². The van der Waals surface area contributed by atoms with E-state index in [2.05, 4.69) is 4.74 Å². The number of carboxylic acid groups (broad SMARTS) is 1. The second-order valence-electron chi connectivity index (χ2n) is 2.43. The molecule has 0 heterocycles. The first-order valence-electron chi connectivity index (χ1n) is 3.10. The highest BCUT2D eigenvalue weighted by atomic mass is 35.5. The Kier molecular flexibility index (Phi) is 2.04. The molecule has 0 aromatic carbocycles. The van der Waals surface area contributed by atoms with Crippen molar-refractivity contribution in [1.82, 2.24) is 0 Å². The van der Waals surface area contributed by atoms with Crippen molar-refractivity contribution in [2.45, 2.75) is 12.8 Å². The van der Waals surface area contributed by atoms with Crippen molar-refractivity contribution in [1.29, 1.82) is 0 Å². The Hall–Kier alpha value is -0.770. The van der Waals surface area contributed by atoms with Crippen LogP contribution in [0.15, 0.2) is 0 Å². The molecule has 0 aliphatic heterocycles. The molecule has 1 rings (SSSR count). The standard InChI is InChI=1S/C6H7ClO4/c7-3-11-5(10)6(1-2-6)4(8)9/h1-3H2,(H,8,9). The van der Waals surface area contributed by atoms with Gasteiger partial charge in [-0.05, 0) is 12.8 Å². The van der Waals surface area contributed by atoms with Gasteiger partial charge in [0.05, 0.1) is 0 Å². The minimum Gasteiger partial charge on any atom is -0.480 e. The van der Waals surface area contributed by atoms with Crippen molar-refractivity contribution < 1.29 is 19.4 Å². The number of ether oxygens (including phenoxy) is 1. The first-order chi connectivity index (χ1) is 5.13. The van der Waals surface area contributed by atoms with Crippen LogP contribution < -0.4 is 0 Å². The second-order valence-corrected chi connectivity index (χ2v) is 2.65. The maximum Gasteiger partial charge on any atom is 0.324 e. The first-order valence-corrected chi connectivity index (χ1v) is 3.63. The Balaban J connectivity index is 2.58. The summed E-state index contributed by atoms with van der Waals surface area (Å²) in [7, 11) is 0. The van der Waals surface area contributed by atoms with Crippen molar-refractivity contribution in [3.05, 3.63) is 0 Å². The molecule has 0 atom stereocenters. The van der Waals surface area contributed by atoms with Crippen LogP contribution in [0.3, 0.4) is 0 Å². The number of hydrogen-bond donors (Lipinski definition) is 1. The molecule has 5 heteroatoms. The van der Waals surface area contributed by atoms with Crippen molar-refractivity contribution in [2.24, 2.45) is 5.41 Å². The van der Waals surface area contributed by atoms with Crippen LogP contribution in [0.2, 0.25) is 0 Å². The maximum absolute atomic E-state index is 10.9. The Morgan fingerprint density at radius 1 is 1.55 bits per heavy atom. The van der Waals surface area contributed by atoms with Gasteiger partial charge in [-0.1, -0.05) is 11.6 Å². The topological polar surface area (TPSA) is 63.6 Å². The molecule has 0 saturated heterocycles. The Labute approximate surface area is 68.1 Å². The number of carbonyl (C=O) groups excluding carboxylic acids is 1. The fourth-order valence-electron chi connectivity index (χ4n) is 0.818. The molecule has 1 N–H and O–H groups in total. The first kappa shape index (κ1) is 8.33. The summed E-state index contributed by atoms with van der Waals surface area (Å²) in [5, 5.41) is 8.56. The molecule has 0 spiro atoms. The monoisotopic (exact) mass is 178 g/mol. The number of hydrogen-bond acceptors (Lipinski definition) is 3. The highest BCUT2D eigenvalue weighted by Crippen LogP contribution is 2.46. The summed E-state index contributed by atoms with van der Waals surface area (Å²) in [6.07, 6.45) is 0.718. The minimum atomic E-state index is -1.27. The summed E-state index contributed by atoms with van der Waals surface area (Å²) in [6.45, 7) is 0. The Bertz CT molecular complexity index is 197. The molecule has 0 aromatic heterocycles. The van der Waals surface area contributed by atoms with E-state index in [1.807, 2.05) is 0 Å². The summed E-state index contributed by atoms with van der Waals surface area (Å²) in [5.74, 6) is -1.84. The van der Waals surface area contributed by atoms with Crippen LogP contribution in [0.5, 0.6) is 0 Å². The fraction of sp³-hybridized carbons (Fsp3) is 0.667. The molecular formula is C6H7ClO4. The van der Waals surface area contributed by atoms with Gasteiger partial charge in [-0.2, -0.15) is 0 Å². The molecule has 1 aliphatic carbocycles. The van der Waals surface area contributed by atoms with Gasteiger partial charge in [0, 0.05) is 0 Å². The molecule has 0 unspecified atom stereocenters. The molecule has 0 aromatic rings. The van der Waals surface area contributed by atoms with Gasteiger partial charge in [-0.25, -0.2) is 0 Å². The highest BCUT2D eigenvalue weighted by Gasteiger charge is 2.58. The van der Waals surface area contributed by atoms with E-state index in [9.17, 15) is 9.59 Å². The van der Waals surface area contributed by atoms with E-state index >= 15 is 0 Å². The van der Waals surface area contributed by atoms with Gasteiger partial charge < -0.3 is 9.84 Å². The normalized spacial score (nSPS) is 19.0. The lowest BCUT2D eigenvalue weighted by Gasteiger charge is -2.06. The van der Waals surface area contributed by atoms with Crippen molar-refractivity contribution in [3.63, 3.8) is 0 Å². The number of alkyl halides is 1. The highest BCUT2D eigenvalue weighted by molar-refractivity contribution is 6.18. The van der Waals surface area contributed by atoms with Gasteiger partial charge in [0.25, 0.3) is 0 Å². The summed E-state index contributed by atoms with van der Waals surface area (Å²) < 4.78 is 4.38. The lowest BCUT2D eigenvalue weighted by atomic mass is 10.1. The van der Waals surface area contributed by atoms with Gasteiger partial charge in [-0.15, -0.1) is 0 Å². The predicted molar refractivity (Wildman–Crippen MR) is 36.1 cm³/mol. The Morgan fingerprint density at radius 3 is 2.36 bits per heavy atom. The Morgan fingerprint density at radius 2 is 2.09 bits per heavy atom. The SMILES string of the molecule is O=C(O)C1(C(=O)OCCl)CC1. The van der Waals surface area contributed by atoms with Crippen molar-refractivity contribution in [3.8, 4) is 0 Å². The predicted octanol–water partition coefficient (Wildman–Crippen LogP) is 0.591. The van der Waals surface area contributed by atoms with E-state index in [4.69, 9.17) is 16.7 Å². The third-order valence-electron chi connectivity index (χ3n) is 1.74. The van der Waals surface area contributed by atoms with E-state index in [0.717, 1.165) is 0 Å². The number of carbonyl (C=O) groups is 2. The number of halogens is 1. The molecular weight excluding hydrogens is 172 g/mol. The second kappa shape index (κ2) is 2.70. The minimum absolute atomic E-state index is 0.284. The van der Waals surface area contributed by atoms with E-state index < -0.39 is 17.4 Å². The number of aliphatic carboxylic acids is 1. The third kappa shape index (κ3) is 1.30. The van der Waals surface area contributed by atoms with Gasteiger partial charge >= 0.3 is 11.9 Å². The molecule has 62 valence electrons. The maximum atomic E-state index is 10.9. The molecule has 4 nitrogen and oxygen atoms in total. The zero-order valence-corrected chi connectivity index (χ0v) is 6.43. The van der Waals surface area contributed by atoms with Crippen LogP contribution in [0.1, 0.15) is 12.8 Å². The van der Waals surface area contributed by atoms with Gasteiger partial charge in [0.2, 0.25) is 0 Å². The number of esters is 1. The van der Waals surface area contributed by atoms with E-state index in [-0.39, 0.29) is 6.07 Å². The summed E-state index contributed by atoms with van der Waals surface area (Å²) in [6, 6.07) is -0.284. The molecule has 1 saturated carbocycles. The summed E-state index contributed by atoms with van der Waals surface area (Å²) in [5.41, 5.74) is -1.27. The largest absolute Gasteiger partial charge is 0.480 e. The number of rotatable bonds is 3. The zero-order chi connectivity index (χ0) is 8.48. The lowest BCUT2D eigenvalue weighted by molar-refractivity contribution is -0.159.